The highest BCUT2D eigenvalue weighted by molar-refractivity contribution is 5.17. The topological polar surface area (TPSA) is 40.5 Å². The third-order valence-electron chi connectivity index (χ3n) is 2.14. The van der Waals surface area contributed by atoms with Crippen molar-refractivity contribution in [2.24, 2.45) is 0 Å². The van der Waals surface area contributed by atoms with E-state index in [1.807, 2.05) is 0 Å². The molecule has 0 saturated carbocycles. The van der Waals surface area contributed by atoms with Crippen molar-refractivity contribution in [3.05, 3.63) is 35.4 Å². The van der Waals surface area contributed by atoms with Crippen molar-refractivity contribution in [3.63, 3.8) is 0 Å². The maximum absolute atomic E-state index is 12.8. The van der Waals surface area contributed by atoms with Gasteiger partial charge in [-0.15, -0.1) is 0 Å². The Morgan fingerprint density at radius 1 is 1.13 bits per heavy atom. The van der Waals surface area contributed by atoms with Crippen LogP contribution in [-0.2, 0) is 6.42 Å². The molecule has 0 fully saturated rings. The zero-order valence-electron chi connectivity index (χ0n) is 8.29. The first-order valence-electron chi connectivity index (χ1n) is 4.85. The molecule has 0 aliphatic rings. The molecule has 2 nitrogen and oxygen atoms in total. The predicted octanol–water partition coefficient (Wildman–Crippen LogP) is 1.64. The van der Waals surface area contributed by atoms with Gasteiger partial charge in [0, 0.05) is 6.07 Å². The second-order valence-electron chi connectivity index (χ2n) is 3.51. The first-order chi connectivity index (χ1) is 7.11. The van der Waals surface area contributed by atoms with Crippen LogP contribution in [0.3, 0.4) is 0 Å². The van der Waals surface area contributed by atoms with E-state index in [2.05, 4.69) is 0 Å². The Balaban J connectivity index is 2.43. The molecule has 0 spiro atoms. The molecule has 0 heterocycles. The van der Waals surface area contributed by atoms with Crippen LogP contribution in [0.5, 0.6) is 0 Å². The van der Waals surface area contributed by atoms with E-state index in [9.17, 15) is 8.78 Å². The molecule has 1 aromatic carbocycles. The second kappa shape index (κ2) is 5.78. The fraction of sp³-hybridized carbons (Fsp3) is 0.455. The highest BCUT2D eigenvalue weighted by Gasteiger charge is 2.04. The molecule has 0 saturated heterocycles. The Bertz CT molecular complexity index is 295. The lowest BCUT2D eigenvalue weighted by atomic mass is 10.1. The van der Waals surface area contributed by atoms with Gasteiger partial charge >= 0.3 is 0 Å². The van der Waals surface area contributed by atoms with E-state index in [1.165, 1.54) is 12.1 Å². The van der Waals surface area contributed by atoms with Crippen LogP contribution in [0, 0.1) is 11.6 Å². The van der Waals surface area contributed by atoms with Gasteiger partial charge in [-0.05, 0) is 37.0 Å². The maximum Gasteiger partial charge on any atom is 0.126 e. The van der Waals surface area contributed by atoms with Crippen molar-refractivity contribution in [3.8, 4) is 0 Å². The van der Waals surface area contributed by atoms with Gasteiger partial charge < -0.3 is 10.2 Å². The Hall–Kier alpha value is -1.00. The van der Waals surface area contributed by atoms with Crippen LogP contribution in [0.4, 0.5) is 8.78 Å². The molecule has 0 aromatic heterocycles. The van der Waals surface area contributed by atoms with E-state index in [1.54, 1.807) is 0 Å². The van der Waals surface area contributed by atoms with E-state index >= 15 is 0 Å². The van der Waals surface area contributed by atoms with E-state index in [4.69, 9.17) is 10.2 Å². The van der Waals surface area contributed by atoms with Crippen LogP contribution >= 0.6 is 0 Å². The zero-order chi connectivity index (χ0) is 11.3. The number of hydrogen-bond acceptors (Lipinski definition) is 2. The van der Waals surface area contributed by atoms with Crippen molar-refractivity contribution in [1.29, 1.82) is 0 Å². The third-order valence-corrected chi connectivity index (χ3v) is 2.14. The maximum atomic E-state index is 12.8. The zero-order valence-corrected chi connectivity index (χ0v) is 8.29. The standard InChI is InChI=1S/C11H14F2O2/c12-9-4-8(5-10(13)6-9)2-1-3-11(15)7-14/h4-6,11,14-15H,1-3,7H2. The van der Waals surface area contributed by atoms with Crippen molar-refractivity contribution in [1.82, 2.24) is 0 Å². The number of benzene rings is 1. The summed E-state index contributed by atoms with van der Waals surface area (Å²) in [5.74, 6) is -1.18. The molecule has 84 valence electrons. The Morgan fingerprint density at radius 2 is 1.73 bits per heavy atom. The lowest BCUT2D eigenvalue weighted by Crippen LogP contribution is -2.11. The number of rotatable bonds is 5. The first-order valence-corrected chi connectivity index (χ1v) is 4.85. The normalized spacial score (nSPS) is 12.8. The smallest absolute Gasteiger partial charge is 0.126 e. The highest BCUT2D eigenvalue weighted by atomic mass is 19.1. The van der Waals surface area contributed by atoms with Gasteiger partial charge in [0.05, 0.1) is 12.7 Å². The molecule has 1 atom stereocenters. The van der Waals surface area contributed by atoms with Gasteiger partial charge in [-0.25, -0.2) is 8.78 Å². The molecule has 0 bridgehead atoms. The minimum atomic E-state index is -0.747. The number of hydrogen-bond donors (Lipinski definition) is 2. The van der Waals surface area contributed by atoms with Gasteiger partial charge in [0.15, 0.2) is 0 Å². The van der Waals surface area contributed by atoms with Gasteiger partial charge in [0.1, 0.15) is 11.6 Å². The van der Waals surface area contributed by atoms with Crippen LogP contribution in [-0.4, -0.2) is 22.9 Å². The number of halogens is 2. The van der Waals surface area contributed by atoms with Crippen LogP contribution in [0.15, 0.2) is 18.2 Å². The van der Waals surface area contributed by atoms with E-state index in [-0.39, 0.29) is 6.61 Å². The molecular formula is C11H14F2O2. The molecule has 4 heteroatoms. The number of aryl methyl sites for hydroxylation is 1. The third kappa shape index (κ3) is 4.36. The molecule has 2 N–H and O–H groups in total. The lowest BCUT2D eigenvalue weighted by molar-refractivity contribution is 0.0867. The van der Waals surface area contributed by atoms with Crippen LogP contribution in [0.1, 0.15) is 18.4 Å². The average molecular weight is 216 g/mol. The average Bonchev–Trinajstić information content (AvgIpc) is 2.16. The Morgan fingerprint density at radius 3 is 2.27 bits per heavy atom. The molecule has 1 unspecified atom stereocenters. The number of aliphatic hydroxyl groups excluding tert-OH is 2. The summed E-state index contributed by atoms with van der Waals surface area (Å²) < 4.78 is 25.5. The summed E-state index contributed by atoms with van der Waals surface area (Å²) in [7, 11) is 0. The second-order valence-corrected chi connectivity index (χ2v) is 3.51. The Kier molecular flexibility index (Phi) is 4.65. The van der Waals surface area contributed by atoms with Gasteiger partial charge in [0.2, 0.25) is 0 Å². The highest BCUT2D eigenvalue weighted by Crippen LogP contribution is 2.11. The van der Waals surface area contributed by atoms with Crippen LogP contribution in [0.25, 0.3) is 0 Å². The van der Waals surface area contributed by atoms with Gasteiger partial charge in [0.25, 0.3) is 0 Å². The summed E-state index contributed by atoms with van der Waals surface area (Å²) in [4.78, 5) is 0. The minimum Gasteiger partial charge on any atom is -0.394 e. The minimum absolute atomic E-state index is 0.280. The molecule has 0 aliphatic carbocycles. The number of aliphatic hydroxyl groups is 2. The first kappa shape index (κ1) is 12.1. The molecule has 1 rings (SSSR count). The molecular weight excluding hydrogens is 202 g/mol. The van der Waals surface area contributed by atoms with Gasteiger partial charge in [-0.1, -0.05) is 0 Å². The van der Waals surface area contributed by atoms with Crippen molar-refractivity contribution < 1.29 is 19.0 Å². The molecule has 15 heavy (non-hydrogen) atoms. The summed E-state index contributed by atoms with van der Waals surface area (Å²) in [6.07, 6.45) is 0.758. The fourth-order valence-corrected chi connectivity index (χ4v) is 1.39. The van der Waals surface area contributed by atoms with Crippen molar-refractivity contribution >= 4 is 0 Å². The summed E-state index contributed by atoms with van der Waals surface area (Å²) in [5.41, 5.74) is 0.567. The molecule has 1 aromatic rings. The van der Waals surface area contributed by atoms with Crippen LogP contribution in [0.2, 0.25) is 0 Å². The van der Waals surface area contributed by atoms with E-state index < -0.39 is 17.7 Å². The fourth-order valence-electron chi connectivity index (χ4n) is 1.39. The molecule has 0 radical (unpaired) electrons. The summed E-state index contributed by atoms with van der Waals surface area (Å²) in [6.45, 7) is -0.280. The van der Waals surface area contributed by atoms with E-state index in [0.29, 0.717) is 24.8 Å². The van der Waals surface area contributed by atoms with Crippen molar-refractivity contribution in [2.75, 3.05) is 6.61 Å². The monoisotopic (exact) mass is 216 g/mol. The van der Waals surface area contributed by atoms with Gasteiger partial charge in [-0.3, -0.25) is 0 Å². The summed E-state index contributed by atoms with van der Waals surface area (Å²) in [6, 6.07) is 3.37. The van der Waals surface area contributed by atoms with Crippen molar-refractivity contribution in [2.45, 2.75) is 25.4 Å². The van der Waals surface area contributed by atoms with Gasteiger partial charge in [-0.2, -0.15) is 0 Å². The quantitative estimate of drug-likeness (QED) is 0.785. The largest absolute Gasteiger partial charge is 0.394 e. The Labute approximate surface area is 87.2 Å². The SMILES string of the molecule is OCC(O)CCCc1cc(F)cc(F)c1. The summed E-state index contributed by atoms with van der Waals surface area (Å²) in [5, 5.41) is 17.6. The summed E-state index contributed by atoms with van der Waals surface area (Å²) >= 11 is 0. The lowest BCUT2D eigenvalue weighted by Gasteiger charge is -2.06. The van der Waals surface area contributed by atoms with Crippen LogP contribution < -0.4 is 0 Å². The van der Waals surface area contributed by atoms with E-state index in [0.717, 1.165) is 6.07 Å². The molecule has 0 amide bonds. The molecule has 0 aliphatic heterocycles. The predicted molar refractivity (Wildman–Crippen MR) is 52.4 cm³/mol.